The Morgan fingerprint density at radius 1 is 1.10 bits per heavy atom. The Hall–Kier alpha value is -3.22. The van der Waals surface area contributed by atoms with E-state index in [1.165, 1.54) is 4.68 Å². The van der Waals surface area contributed by atoms with Gasteiger partial charge in [0.1, 0.15) is 11.5 Å². The van der Waals surface area contributed by atoms with Crippen LogP contribution in [0.4, 0.5) is 0 Å². The second-order valence-electron chi connectivity index (χ2n) is 7.57. The lowest BCUT2D eigenvalue weighted by molar-refractivity contribution is 0.0703. The number of aryl methyl sites for hydroxylation is 2. The van der Waals surface area contributed by atoms with Gasteiger partial charge in [-0.3, -0.25) is 14.3 Å². The topological polar surface area (TPSA) is 73.0 Å². The second-order valence-corrected chi connectivity index (χ2v) is 7.57. The first-order valence-electron chi connectivity index (χ1n) is 9.93. The van der Waals surface area contributed by atoms with Gasteiger partial charge in [0.2, 0.25) is 0 Å². The summed E-state index contributed by atoms with van der Waals surface area (Å²) >= 11 is 0. The number of pyridine rings is 1. The first-order chi connectivity index (χ1) is 14.0. The highest BCUT2D eigenvalue weighted by atomic mass is 16.2. The lowest BCUT2D eigenvalue weighted by Crippen LogP contribution is -2.39. The molecule has 0 radical (unpaired) electrons. The molecule has 7 heteroatoms. The summed E-state index contributed by atoms with van der Waals surface area (Å²) in [5, 5.41) is 4.52. The van der Waals surface area contributed by atoms with Crippen molar-refractivity contribution in [3.63, 3.8) is 0 Å². The van der Waals surface area contributed by atoms with Gasteiger partial charge in [0, 0.05) is 32.3 Å². The molecule has 0 aliphatic carbocycles. The van der Waals surface area contributed by atoms with Gasteiger partial charge in [0.05, 0.1) is 6.54 Å². The first kappa shape index (κ1) is 19.1. The third kappa shape index (κ3) is 3.85. The Morgan fingerprint density at radius 3 is 2.52 bits per heavy atom. The molecule has 1 amide bonds. The molecule has 0 spiro atoms. The summed E-state index contributed by atoms with van der Waals surface area (Å²) in [6, 6.07) is 13.7. The average Bonchev–Trinajstić information content (AvgIpc) is 3.03. The number of nitrogens with zero attached hydrogens (tertiary/aromatic N) is 5. The monoisotopic (exact) mass is 391 g/mol. The number of carbonyl (C=O) groups excluding carboxylic acids is 1. The Kier molecular flexibility index (Phi) is 5.29. The summed E-state index contributed by atoms with van der Waals surface area (Å²) in [6.07, 6.45) is 3.22. The zero-order valence-electron chi connectivity index (χ0n) is 16.8. The van der Waals surface area contributed by atoms with Crippen molar-refractivity contribution in [3.05, 3.63) is 81.8 Å². The lowest BCUT2D eigenvalue weighted by atomic mass is 9.95. The molecule has 0 atom stereocenters. The zero-order valence-corrected chi connectivity index (χ0v) is 16.8. The first-order valence-corrected chi connectivity index (χ1v) is 9.93. The molecule has 150 valence electrons. The normalized spacial score (nSPS) is 14.9. The highest BCUT2D eigenvalue weighted by Crippen LogP contribution is 2.27. The molecule has 29 heavy (non-hydrogen) atoms. The van der Waals surface area contributed by atoms with Crippen molar-refractivity contribution in [2.24, 2.45) is 7.05 Å². The van der Waals surface area contributed by atoms with Crippen LogP contribution in [0, 0.1) is 6.92 Å². The molecule has 1 saturated heterocycles. The standard InChI is InChI=1S/C22H25N5O2/c1-16-7-6-12-23-19(16)21(28)26-13-10-18(11-14-26)20-24-25(2)22(29)27(20)15-17-8-4-3-5-9-17/h3-9,12,18H,10-11,13-15H2,1-2H3. The molecule has 7 nitrogen and oxygen atoms in total. The molecule has 1 aromatic carbocycles. The van der Waals surface area contributed by atoms with E-state index in [0.29, 0.717) is 25.3 Å². The van der Waals surface area contributed by atoms with Gasteiger partial charge in [0.15, 0.2) is 0 Å². The van der Waals surface area contributed by atoms with Crippen molar-refractivity contribution in [1.82, 2.24) is 24.2 Å². The highest BCUT2D eigenvalue weighted by molar-refractivity contribution is 5.93. The fraction of sp³-hybridized carbons (Fsp3) is 0.364. The maximum atomic E-state index is 12.8. The fourth-order valence-electron chi connectivity index (χ4n) is 3.94. The van der Waals surface area contributed by atoms with Gasteiger partial charge in [-0.05, 0) is 37.0 Å². The largest absolute Gasteiger partial charge is 0.345 e. The van der Waals surface area contributed by atoms with Crippen LogP contribution in [0.5, 0.6) is 0 Å². The summed E-state index contributed by atoms with van der Waals surface area (Å²) < 4.78 is 3.17. The minimum atomic E-state index is -0.105. The van der Waals surface area contributed by atoms with E-state index in [0.717, 1.165) is 29.8 Å². The van der Waals surface area contributed by atoms with E-state index in [9.17, 15) is 9.59 Å². The van der Waals surface area contributed by atoms with Crippen molar-refractivity contribution in [3.8, 4) is 0 Å². The third-order valence-corrected chi connectivity index (χ3v) is 5.58. The number of piperidine rings is 1. The van der Waals surface area contributed by atoms with Crippen LogP contribution >= 0.6 is 0 Å². The van der Waals surface area contributed by atoms with E-state index < -0.39 is 0 Å². The smallest absolute Gasteiger partial charge is 0.337 e. The van der Waals surface area contributed by atoms with Crippen molar-refractivity contribution >= 4 is 5.91 Å². The molecule has 1 aliphatic heterocycles. The Balaban J connectivity index is 1.50. The molecule has 1 fully saturated rings. The third-order valence-electron chi connectivity index (χ3n) is 5.58. The molecule has 2 aromatic heterocycles. The number of hydrogen-bond acceptors (Lipinski definition) is 4. The molecule has 0 unspecified atom stereocenters. The van der Waals surface area contributed by atoms with E-state index in [4.69, 9.17) is 0 Å². The number of amides is 1. The number of aromatic nitrogens is 4. The van der Waals surface area contributed by atoms with Crippen LogP contribution in [0.2, 0.25) is 0 Å². The Labute approximate surface area is 169 Å². The zero-order chi connectivity index (χ0) is 20.4. The summed E-state index contributed by atoms with van der Waals surface area (Å²) in [7, 11) is 1.69. The predicted molar refractivity (Wildman–Crippen MR) is 110 cm³/mol. The number of likely N-dealkylation sites (tertiary alicyclic amines) is 1. The van der Waals surface area contributed by atoms with Gasteiger partial charge >= 0.3 is 5.69 Å². The number of benzene rings is 1. The molecule has 0 saturated carbocycles. The molecule has 1 aliphatic rings. The number of carbonyl (C=O) groups is 1. The summed E-state index contributed by atoms with van der Waals surface area (Å²) in [5.41, 5.74) is 2.37. The van der Waals surface area contributed by atoms with Crippen molar-refractivity contribution in [2.45, 2.75) is 32.2 Å². The maximum absolute atomic E-state index is 12.8. The minimum Gasteiger partial charge on any atom is -0.337 e. The number of rotatable bonds is 4. The molecule has 3 aromatic rings. The van der Waals surface area contributed by atoms with E-state index >= 15 is 0 Å². The maximum Gasteiger partial charge on any atom is 0.345 e. The molecular weight excluding hydrogens is 366 g/mol. The van der Waals surface area contributed by atoms with Crippen molar-refractivity contribution < 1.29 is 4.79 Å². The summed E-state index contributed by atoms with van der Waals surface area (Å²) in [5.74, 6) is 0.938. The molecule has 0 N–H and O–H groups in total. The van der Waals surface area contributed by atoms with Crippen LogP contribution in [0.3, 0.4) is 0 Å². The summed E-state index contributed by atoms with van der Waals surface area (Å²) in [6.45, 7) is 3.68. The van der Waals surface area contributed by atoms with Gasteiger partial charge < -0.3 is 4.90 Å². The molecule has 4 rings (SSSR count). The van der Waals surface area contributed by atoms with E-state index in [2.05, 4.69) is 10.1 Å². The number of hydrogen-bond donors (Lipinski definition) is 0. The van der Waals surface area contributed by atoms with Crippen LogP contribution < -0.4 is 5.69 Å². The molecule has 3 heterocycles. The highest BCUT2D eigenvalue weighted by Gasteiger charge is 2.29. The minimum absolute atomic E-state index is 0.0238. The summed E-state index contributed by atoms with van der Waals surface area (Å²) in [4.78, 5) is 31.6. The van der Waals surface area contributed by atoms with Crippen molar-refractivity contribution in [1.29, 1.82) is 0 Å². The predicted octanol–water partition coefficient (Wildman–Crippen LogP) is 2.35. The van der Waals surface area contributed by atoms with E-state index in [1.807, 2.05) is 54.3 Å². The van der Waals surface area contributed by atoms with Crippen molar-refractivity contribution in [2.75, 3.05) is 13.1 Å². The van der Waals surface area contributed by atoms with E-state index in [1.54, 1.807) is 17.8 Å². The van der Waals surface area contributed by atoms with Crippen LogP contribution in [-0.2, 0) is 13.6 Å². The Bertz CT molecular complexity index is 1060. The van der Waals surface area contributed by atoms with Gasteiger partial charge in [-0.2, -0.15) is 5.10 Å². The van der Waals surface area contributed by atoms with Gasteiger partial charge in [-0.15, -0.1) is 0 Å². The Morgan fingerprint density at radius 2 is 1.83 bits per heavy atom. The van der Waals surface area contributed by atoms with Crippen LogP contribution in [0.25, 0.3) is 0 Å². The van der Waals surface area contributed by atoms with E-state index in [-0.39, 0.29) is 17.5 Å². The SMILES string of the molecule is Cc1cccnc1C(=O)N1CCC(c2nn(C)c(=O)n2Cc2ccccc2)CC1. The molecular formula is C22H25N5O2. The average molecular weight is 391 g/mol. The second kappa shape index (κ2) is 8.03. The van der Waals surface area contributed by atoms with Gasteiger partial charge in [-0.1, -0.05) is 36.4 Å². The fourth-order valence-corrected chi connectivity index (χ4v) is 3.94. The quantitative estimate of drug-likeness (QED) is 0.684. The van der Waals surface area contributed by atoms with Crippen LogP contribution in [0.15, 0.2) is 53.5 Å². The lowest BCUT2D eigenvalue weighted by Gasteiger charge is -2.31. The van der Waals surface area contributed by atoms with Crippen LogP contribution in [-0.4, -0.2) is 43.2 Å². The van der Waals surface area contributed by atoms with Gasteiger partial charge in [-0.25, -0.2) is 9.48 Å². The van der Waals surface area contributed by atoms with Crippen LogP contribution in [0.1, 0.15) is 46.2 Å². The van der Waals surface area contributed by atoms with Gasteiger partial charge in [0.25, 0.3) is 5.91 Å². The molecule has 0 bridgehead atoms.